The lowest BCUT2D eigenvalue weighted by Gasteiger charge is -2.10. The van der Waals surface area contributed by atoms with Crippen LogP contribution in [-0.2, 0) is 14.3 Å². The first kappa shape index (κ1) is 21.2. The fourth-order valence-corrected chi connectivity index (χ4v) is 2.39. The van der Waals surface area contributed by atoms with Gasteiger partial charge in [-0.05, 0) is 55.0 Å². The van der Waals surface area contributed by atoms with Gasteiger partial charge < -0.3 is 25.4 Å². The Labute approximate surface area is 165 Å². The SMILES string of the molecule is CCCC(=O)Nc1ccc(NC(=O)CNc2ccc(OCCOC)cc2)cc1. The summed E-state index contributed by atoms with van der Waals surface area (Å²) in [6, 6.07) is 14.4. The monoisotopic (exact) mass is 385 g/mol. The van der Waals surface area contributed by atoms with E-state index in [4.69, 9.17) is 9.47 Å². The van der Waals surface area contributed by atoms with Crippen molar-refractivity contribution in [3.63, 3.8) is 0 Å². The third-order valence-electron chi connectivity index (χ3n) is 3.79. The number of benzene rings is 2. The largest absolute Gasteiger partial charge is 0.491 e. The van der Waals surface area contributed by atoms with Crippen molar-refractivity contribution in [2.45, 2.75) is 19.8 Å². The fourth-order valence-electron chi connectivity index (χ4n) is 2.39. The summed E-state index contributed by atoms with van der Waals surface area (Å²) in [4.78, 5) is 23.7. The van der Waals surface area contributed by atoms with Gasteiger partial charge in [-0.25, -0.2) is 0 Å². The molecule has 0 unspecified atom stereocenters. The summed E-state index contributed by atoms with van der Waals surface area (Å²) in [5, 5.41) is 8.68. The Balaban J connectivity index is 1.75. The molecule has 2 amide bonds. The number of ether oxygens (including phenoxy) is 2. The summed E-state index contributed by atoms with van der Waals surface area (Å²) in [5.41, 5.74) is 2.20. The molecule has 2 rings (SSSR count). The van der Waals surface area contributed by atoms with Crippen molar-refractivity contribution in [1.29, 1.82) is 0 Å². The Hall–Kier alpha value is -3.06. The molecule has 0 saturated carbocycles. The highest BCUT2D eigenvalue weighted by atomic mass is 16.5. The van der Waals surface area contributed by atoms with Gasteiger partial charge in [-0.3, -0.25) is 9.59 Å². The summed E-state index contributed by atoms with van der Waals surface area (Å²) < 4.78 is 10.4. The minimum absolute atomic E-state index is 0.0152. The average Bonchev–Trinajstić information content (AvgIpc) is 2.69. The van der Waals surface area contributed by atoms with E-state index in [9.17, 15) is 9.59 Å². The molecule has 0 aliphatic carbocycles. The van der Waals surface area contributed by atoms with Crippen molar-refractivity contribution in [3.8, 4) is 5.75 Å². The standard InChI is InChI=1S/C21H27N3O4/c1-3-4-20(25)23-17-5-7-18(8-6-17)24-21(26)15-22-16-9-11-19(12-10-16)28-14-13-27-2/h5-12,22H,3-4,13-15H2,1-2H3,(H,23,25)(H,24,26). The highest BCUT2D eigenvalue weighted by Gasteiger charge is 2.04. The predicted octanol–water partition coefficient (Wildman–Crippen LogP) is 3.50. The molecule has 0 fully saturated rings. The minimum atomic E-state index is -0.164. The van der Waals surface area contributed by atoms with Crippen molar-refractivity contribution >= 4 is 28.9 Å². The van der Waals surface area contributed by atoms with Crippen LogP contribution in [0.4, 0.5) is 17.1 Å². The average molecular weight is 385 g/mol. The van der Waals surface area contributed by atoms with Gasteiger partial charge in [-0.1, -0.05) is 6.92 Å². The van der Waals surface area contributed by atoms with Crippen LogP contribution in [0.15, 0.2) is 48.5 Å². The molecule has 0 spiro atoms. The molecule has 0 aliphatic rings. The van der Waals surface area contributed by atoms with Crippen LogP contribution in [0.3, 0.4) is 0 Å². The van der Waals surface area contributed by atoms with Gasteiger partial charge in [0.05, 0.1) is 13.2 Å². The molecular weight excluding hydrogens is 358 g/mol. The van der Waals surface area contributed by atoms with E-state index in [1.54, 1.807) is 31.4 Å². The van der Waals surface area contributed by atoms with E-state index in [1.165, 1.54) is 0 Å². The van der Waals surface area contributed by atoms with E-state index in [1.807, 2.05) is 31.2 Å². The van der Waals surface area contributed by atoms with Crippen LogP contribution in [0.25, 0.3) is 0 Å². The maximum Gasteiger partial charge on any atom is 0.243 e. The van der Waals surface area contributed by atoms with Crippen LogP contribution in [0.5, 0.6) is 5.75 Å². The van der Waals surface area contributed by atoms with Crippen LogP contribution in [0, 0.1) is 0 Å². The quantitative estimate of drug-likeness (QED) is 0.515. The molecule has 2 aromatic carbocycles. The van der Waals surface area contributed by atoms with Gasteiger partial charge >= 0.3 is 0 Å². The van der Waals surface area contributed by atoms with Crippen LogP contribution in [-0.4, -0.2) is 38.7 Å². The molecule has 0 aliphatic heterocycles. The minimum Gasteiger partial charge on any atom is -0.491 e. The molecule has 28 heavy (non-hydrogen) atoms. The number of hydrogen-bond acceptors (Lipinski definition) is 5. The lowest BCUT2D eigenvalue weighted by atomic mass is 10.2. The summed E-state index contributed by atoms with van der Waals surface area (Å²) in [6.45, 7) is 3.12. The van der Waals surface area contributed by atoms with Crippen molar-refractivity contribution in [3.05, 3.63) is 48.5 Å². The van der Waals surface area contributed by atoms with Gasteiger partial charge in [0.15, 0.2) is 0 Å². The first-order valence-electron chi connectivity index (χ1n) is 9.26. The van der Waals surface area contributed by atoms with Gasteiger partial charge in [0.2, 0.25) is 11.8 Å². The van der Waals surface area contributed by atoms with Crippen molar-refractivity contribution in [1.82, 2.24) is 0 Å². The zero-order valence-corrected chi connectivity index (χ0v) is 16.3. The molecule has 0 heterocycles. The number of methoxy groups -OCH3 is 1. The van der Waals surface area contributed by atoms with Crippen LogP contribution >= 0.6 is 0 Å². The van der Waals surface area contributed by atoms with Crippen LogP contribution in [0.1, 0.15) is 19.8 Å². The Morgan fingerprint density at radius 2 is 1.39 bits per heavy atom. The Kier molecular flexibility index (Phi) is 8.81. The highest BCUT2D eigenvalue weighted by molar-refractivity contribution is 5.94. The Morgan fingerprint density at radius 1 is 0.821 bits per heavy atom. The van der Waals surface area contributed by atoms with E-state index in [2.05, 4.69) is 16.0 Å². The molecule has 7 heteroatoms. The molecule has 0 bridgehead atoms. The van der Waals surface area contributed by atoms with Crippen molar-refractivity contribution in [2.75, 3.05) is 42.8 Å². The summed E-state index contributed by atoms with van der Waals surface area (Å²) in [5.74, 6) is 0.569. The molecule has 0 radical (unpaired) electrons. The van der Waals surface area contributed by atoms with Crippen LogP contribution in [0.2, 0.25) is 0 Å². The van der Waals surface area contributed by atoms with Crippen molar-refractivity contribution in [2.24, 2.45) is 0 Å². The zero-order chi connectivity index (χ0) is 20.2. The van der Waals surface area contributed by atoms with E-state index in [0.717, 1.165) is 17.9 Å². The molecule has 150 valence electrons. The first-order valence-corrected chi connectivity index (χ1v) is 9.26. The maximum atomic E-state index is 12.1. The number of hydrogen-bond donors (Lipinski definition) is 3. The topological polar surface area (TPSA) is 88.7 Å². The first-order chi connectivity index (χ1) is 13.6. The maximum absolute atomic E-state index is 12.1. The molecule has 2 aromatic rings. The number of carbonyl (C=O) groups excluding carboxylic acids is 2. The third-order valence-corrected chi connectivity index (χ3v) is 3.79. The second-order valence-corrected chi connectivity index (χ2v) is 6.14. The van der Waals surface area contributed by atoms with E-state index >= 15 is 0 Å². The Morgan fingerprint density at radius 3 is 1.96 bits per heavy atom. The normalized spacial score (nSPS) is 10.2. The van der Waals surface area contributed by atoms with Crippen LogP contribution < -0.4 is 20.7 Å². The third kappa shape index (κ3) is 7.67. The number of carbonyl (C=O) groups is 2. The molecule has 0 saturated heterocycles. The Bertz CT molecular complexity index is 745. The lowest BCUT2D eigenvalue weighted by Crippen LogP contribution is -2.21. The summed E-state index contributed by atoms with van der Waals surface area (Å²) in [6.07, 6.45) is 1.29. The summed E-state index contributed by atoms with van der Waals surface area (Å²) in [7, 11) is 1.63. The van der Waals surface area contributed by atoms with Gasteiger partial charge in [0.25, 0.3) is 0 Å². The van der Waals surface area contributed by atoms with E-state index in [-0.39, 0.29) is 18.4 Å². The predicted molar refractivity (Wildman–Crippen MR) is 111 cm³/mol. The van der Waals surface area contributed by atoms with Gasteiger partial charge in [-0.2, -0.15) is 0 Å². The molecule has 7 nitrogen and oxygen atoms in total. The second kappa shape index (κ2) is 11.6. The molecule has 3 N–H and O–H groups in total. The fraction of sp³-hybridized carbons (Fsp3) is 0.333. The molecule has 0 aromatic heterocycles. The number of amides is 2. The molecular formula is C21H27N3O4. The number of nitrogens with one attached hydrogen (secondary N) is 3. The number of anilines is 3. The highest BCUT2D eigenvalue weighted by Crippen LogP contribution is 2.16. The van der Waals surface area contributed by atoms with E-state index in [0.29, 0.717) is 31.0 Å². The second-order valence-electron chi connectivity index (χ2n) is 6.14. The van der Waals surface area contributed by atoms with Gasteiger partial charge in [-0.15, -0.1) is 0 Å². The summed E-state index contributed by atoms with van der Waals surface area (Å²) >= 11 is 0. The lowest BCUT2D eigenvalue weighted by molar-refractivity contribution is -0.116. The zero-order valence-electron chi connectivity index (χ0n) is 16.3. The number of rotatable bonds is 11. The van der Waals surface area contributed by atoms with Gasteiger partial charge in [0.1, 0.15) is 12.4 Å². The van der Waals surface area contributed by atoms with Crippen molar-refractivity contribution < 1.29 is 19.1 Å². The smallest absolute Gasteiger partial charge is 0.243 e. The molecule has 0 atom stereocenters. The van der Waals surface area contributed by atoms with Gasteiger partial charge in [0, 0.05) is 30.6 Å². The van der Waals surface area contributed by atoms with E-state index < -0.39 is 0 Å².